The average molecular weight is 258 g/mol. The third-order valence-corrected chi connectivity index (χ3v) is 2.94. The third kappa shape index (κ3) is 2.75. The molecule has 98 valence electrons. The lowest BCUT2D eigenvalue weighted by molar-refractivity contribution is -0.162. The Kier molecular flexibility index (Phi) is 3.19. The van der Waals surface area contributed by atoms with Gasteiger partial charge in [-0.05, 0) is 18.4 Å². The number of carbonyl (C=O) groups is 1. The normalized spacial score (nSPS) is 17.1. The van der Waals surface area contributed by atoms with E-state index in [0.29, 0.717) is 0 Å². The first kappa shape index (κ1) is 12.7. The van der Waals surface area contributed by atoms with Gasteiger partial charge in [0.1, 0.15) is 5.54 Å². The van der Waals surface area contributed by atoms with E-state index in [2.05, 4.69) is 5.32 Å². The number of carbonyl (C=O) groups excluding carboxylic acids is 1. The highest BCUT2D eigenvalue weighted by molar-refractivity contribution is 5.75. The summed E-state index contributed by atoms with van der Waals surface area (Å²) in [7, 11) is 0. The summed E-state index contributed by atoms with van der Waals surface area (Å²) in [6.45, 7) is 0.209. The maximum Gasteiger partial charge on any atom is 0.411 e. The largest absolute Gasteiger partial charge is 0.411 e. The molecule has 0 spiro atoms. The second-order valence-corrected chi connectivity index (χ2v) is 4.37. The van der Waals surface area contributed by atoms with E-state index >= 15 is 0 Å². The summed E-state index contributed by atoms with van der Waals surface area (Å²) in [5, 5.41) is 4.42. The van der Waals surface area contributed by atoms with Crippen LogP contribution in [0.2, 0.25) is 0 Å². The summed E-state index contributed by atoms with van der Waals surface area (Å²) in [6, 6.07) is 8.22. The lowest BCUT2D eigenvalue weighted by Crippen LogP contribution is -2.51. The monoisotopic (exact) mass is 258 g/mol. The molecule has 1 fully saturated rings. The molecule has 0 bridgehead atoms. The Morgan fingerprint density at radius 3 is 2.33 bits per heavy atom. The molecular weight excluding hydrogens is 245 g/mol. The topological polar surface area (TPSA) is 41.1 Å². The Morgan fingerprint density at radius 1 is 1.22 bits per heavy atom. The number of hydrogen-bond donors (Lipinski definition) is 2. The van der Waals surface area contributed by atoms with Crippen molar-refractivity contribution in [3.8, 4) is 0 Å². The second kappa shape index (κ2) is 4.51. The summed E-state index contributed by atoms with van der Waals surface area (Å²) in [4.78, 5) is 11.4. The first-order valence-corrected chi connectivity index (χ1v) is 5.60. The van der Waals surface area contributed by atoms with E-state index in [1.807, 2.05) is 11.4 Å². The van der Waals surface area contributed by atoms with E-state index in [9.17, 15) is 18.0 Å². The van der Waals surface area contributed by atoms with Gasteiger partial charge in [0.2, 0.25) is 0 Å². The molecule has 1 aromatic carbocycles. The molecule has 0 radical (unpaired) electrons. The molecule has 2 N–H and O–H groups in total. The molecule has 6 heteroatoms. The maximum absolute atomic E-state index is 12.6. The fourth-order valence-electron chi connectivity index (χ4n) is 1.64. The van der Waals surface area contributed by atoms with E-state index in [-0.39, 0.29) is 19.4 Å². The molecule has 3 nitrogen and oxygen atoms in total. The van der Waals surface area contributed by atoms with Crippen molar-refractivity contribution in [2.75, 3.05) is 0 Å². The molecule has 1 aliphatic rings. The standard InChI is InChI=1S/C12H13F3N2O/c13-12(14,15)11(6-7-11)17-10(18)16-8-9-4-2-1-3-5-9/h1-5H,6-8H2,(H2,16,17,18). The number of hydrogen-bond acceptors (Lipinski definition) is 1. The highest BCUT2D eigenvalue weighted by Crippen LogP contribution is 2.48. The third-order valence-electron chi connectivity index (χ3n) is 2.94. The zero-order chi connectivity index (χ0) is 13.2. The van der Waals surface area contributed by atoms with Crippen molar-refractivity contribution in [1.29, 1.82) is 0 Å². The molecule has 0 unspecified atom stereocenters. The van der Waals surface area contributed by atoms with E-state index < -0.39 is 17.7 Å². The highest BCUT2D eigenvalue weighted by Gasteiger charge is 2.64. The zero-order valence-corrected chi connectivity index (χ0v) is 9.55. The molecule has 0 aliphatic heterocycles. The molecule has 1 saturated carbocycles. The molecule has 0 heterocycles. The predicted molar refractivity (Wildman–Crippen MR) is 59.8 cm³/mol. The van der Waals surface area contributed by atoms with Gasteiger partial charge in [-0.15, -0.1) is 0 Å². The number of nitrogens with one attached hydrogen (secondary N) is 2. The van der Waals surface area contributed by atoms with Crippen LogP contribution in [0.1, 0.15) is 18.4 Å². The van der Waals surface area contributed by atoms with Gasteiger partial charge in [-0.2, -0.15) is 13.2 Å². The summed E-state index contributed by atoms with van der Waals surface area (Å²) in [5.41, 5.74) is -1.17. The quantitative estimate of drug-likeness (QED) is 0.859. The summed E-state index contributed by atoms with van der Waals surface area (Å²) in [6.07, 6.45) is -4.47. The fraction of sp³-hybridized carbons (Fsp3) is 0.417. The summed E-state index contributed by atoms with van der Waals surface area (Å²) < 4.78 is 37.7. The fourth-order valence-corrected chi connectivity index (χ4v) is 1.64. The van der Waals surface area contributed by atoms with E-state index in [1.54, 1.807) is 24.3 Å². The number of alkyl halides is 3. The van der Waals surface area contributed by atoms with Crippen LogP contribution in [-0.4, -0.2) is 17.7 Å². The van der Waals surface area contributed by atoms with Crippen molar-refractivity contribution in [3.05, 3.63) is 35.9 Å². The zero-order valence-electron chi connectivity index (χ0n) is 9.55. The number of halogens is 3. The number of benzene rings is 1. The lowest BCUT2D eigenvalue weighted by Gasteiger charge is -2.20. The minimum atomic E-state index is -4.38. The summed E-state index contributed by atoms with van der Waals surface area (Å²) in [5.74, 6) is 0. The second-order valence-electron chi connectivity index (χ2n) is 4.37. The minimum absolute atomic E-state index is 0.0464. The number of urea groups is 1. The SMILES string of the molecule is O=C(NCc1ccccc1)NC1(C(F)(F)F)CC1. The number of amides is 2. The van der Waals surface area contributed by atoms with Crippen molar-refractivity contribution in [3.63, 3.8) is 0 Å². The van der Waals surface area contributed by atoms with Gasteiger partial charge < -0.3 is 10.6 Å². The highest BCUT2D eigenvalue weighted by atomic mass is 19.4. The molecule has 0 aromatic heterocycles. The molecule has 1 aromatic rings. The van der Waals surface area contributed by atoms with Gasteiger partial charge in [0.15, 0.2) is 0 Å². The molecule has 2 rings (SSSR count). The van der Waals surface area contributed by atoms with Crippen molar-refractivity contribution in [1.82, 2.24) is 10.6 Å². The first-order valence-electron chi connectivity index (χ1n) is 5.60. The number of rotatable bonds is 3. The van der Waals surface area contributed by atoms with Gasteiger partial charge in [0.25, 0.3) is 0 Å². The minimum Gasteiger partial charge on any atom is -0.334 e. The van der Waals surface area contributed by atoms with Crippen LogP contribution >= 0.6 is 0 Å². The summed E-state index contributed by atoms with van der Waals surface area (Å²) >= 11 is 0. The van der Waals surface area contributed by atoms with Crippen molar-refractivity contribution in [2.24, 2.45) is 0 Å². The van der Waals surface area contributed by atoms with Crippen LogP contribution in [0.5, 0.6) is 0 Å². The van der Waals surface area contributed by atoms with Crippen LogP contribution < -0.4 is 10.6 Å². The molecular formula is C12H13F3N2O. The molecule has 18 heavy (non-hydrogen) atoms. The van der Waals surface area contributed by atoms with Gasteiger partial charge in [-0.3, -0.25) is 0 Å². The Hall–Kier alpha value is -1.72. The Labute approximate surface area is 102 Å². The molecule has 2 amide bonds. The van der Waals surface area contributed by atoms with Crippen molar-refractivity contribution < 1.29 is 18.0 Å². The van der Waals surface area contributed by atoms with Crippen molar-refractivity contribution >= 4 is 6.03 Å². The van der Waals surface area contributed by atoms with Gasteiger partial charge in [-0.25, -0.2) is 4.79 Å². The Morgan fingerprint density at radius 2 is 1.83 bits per heavy atom. The van der Waals surface area contributed by atoms with E-state index in [1.165, 1.54) is 0 Å². The van der Waals surface area contributed by atoms with Gasteiger partial charge >= 0.3 is 12.2 Å². The van der Waals surface area contributed by atoms with Crippen LogP contribution in [0.3, 0.4) is 0 Å². The Balaban J connectivity index is 1.84. The lowest BCUT2D eigenvalue weighted by atomic mass is 10.2. The van der Waals surface area contributed by atoms with Crippen LogP contribution in [0.4, 0.5) is 18.0 Å². The van der Waals surface area contributed by atoms with E-state index in [0.717, 1.165) is 5.56 Å². The molecule has 0 atom stereocenters. The first-order chi connectivity index (χ1) is 8.43. The molecule has 1 aliphatic carbocycles. The van der Waals surface area contributed by atoms with Crippen LogP contribution in [-0.2, 0) is 6.54 Å². The van der Waals surface area contributed by atoms with E-state index in [4.69, 9.17) is 0 Å². The van der Waals surface area contributed by atoms with Gasteiger partial charge in [-0.1, -0.05) is 30.3 Å². The van der Waals surface area contributed by atoms with Crippen LogP contribution in [0.15, 0.2) is 30.3 Å². The smallest absolute Gasteiger partial charge is 0.334 e. The van der Waals surface area contributed by atoms with Crippen LogP contribution in [0, 0.1) is 0 Å². The average Bonchev–Trinajstić information content (AvgIpc) is 3.08. The van der Waals surface area contributed by atoms with Gasteiger partial charge in [0, 0.05) is 6.54 Å². The van der Waals surface area contributed by atoms with Crippen LogP contribution in [0.25, 0.3) is 0 Å². The van der Waals surface area contributed by atoms with Crippen molar-refractivity contribution in [2.45, 2.75) is 31.1 Å². The molecule has 0 saturated heterocycles. The Bertz CT molecular complexity index is 427. The predicted octanol–water partition coefficient (Wildman–Crippen LogP) is 2.58. The van der Waals surface area contributed by atoms with Gasteiger partial charge in [0.05, 0.1) is 0 Å². The maximum atomic E-state index is 12.6.